The third kappa shape index (κ3) is 6.28. The fourth-order valence-electron chi connectivity index (χ4n) is 5.63. The van der Waals surface area contributed by atoms with Crippen molar-refractivity contribution in [3.8, 4) is 0 Å². The van der Waals surface area contributed by atoms with Crippen LogP contribution < -0.4 is 10.2 Å². The van der Waals surface area contributed by atoms with Crippen molar-refractivity contribution in [3.05, 3.63) is 56.0 Å². The van der Waals surface area contributed by atoms with E-state index in [1.165, 1.54) is 30.0 Å². The average molecular weight is 652 g/mol. The minimum Gasteiger partial charge on any atom is -0.481 e. The molecule has 2 aliphatic rings. The number of carboxylic acids is 1. The lowest BCUT2D eigenvalue weighted by Gasteiger charge is -2.42. The number of halogens is 6. The van der Waals surface area contributed by atoms with Crippen LogP contribution in [0.4, 0.5) is 20.2 Å². The first-order valence-corrected chi connectivity index (χ1v) is 14.2. The zero-order valence-electron chi connectivity index (χ0n) is 22.4. The van der Waals surface area contributed by atoms with Gasteiger partial charge in [0, 0.05) is 51.9 Å². The Hall–Kier alpha value is -2.21. The average Bonchev–Trinajstić information content (AvgIpc) is 3.31. The van der Waals surface area contributed by atoms with Gasteiger partial charge in [-0.1, -0.05) is 53.3 Å². The number of carboxylic acid groups (broad SMARTS) is 1. The van der Waals surface area contributed by atoms with Crippen molar-refractivity contribution < 1.29 is 28.3 Å². The highest BCUT2D eigenvalue weighted by Crippen LogP contribution is 2.52. The second kappa shape index (κ2) is 11.8. The molecule has 41 heavy (non-hydrogen) atoms. The Morgan fingerprint density at radius 1 is 1.07 bits per heavy atom. The van der Waals surface area contributed by atoms with Gasteiger partial charge in [0.25, 0.3) is 5.92 Å². The van der Waals surface area contributed by atoms with Crippen molar-refractivity contribution in [2.24, 2.45) is 5.92 Å². The monoisotopic (exact) mass is 650 g/mol. The second-order valence-electron chi connectivity index (χ2n) is 10.7. The van der Waals surface area contributed by atoms with Crippen LogP contribution in [0.25, 0.3) is 0 Å². The van der Waals surface area contributed by atoms with Crippen LogP contribution >= 0.6 is 46.4 Å². The summed E-state index contributed by atoms with van der Waals surface area (Å²) >= 11 is 25.0. The molecule has 0 spiro atoms. The Balaban J connectivity index is 1.82. The van der Waals surface area contributed by atoms with Gasteiger partial charge in [0.15, 0.2) is 0 Å². The molecule has 2 aromatic carbocycles. The summed E-state index contributed by atoms with van der Waals surface area (Å²) in [4.78, 5) is 44.2. The van der Waals surface area contributed by atoms with Crippen molar-refractivity contribution in [1.82, 2.24) is 9.80 Å². The summed E-state index contributed by atoms with van der Waals surface area (Å²) in [5.74, 6) is -7.21. The van der Waals surface area contributed by atoms with Crippen LogP contribution in [0.2, 0.25) is 20.1 Å². The highest BCUT2D eigenvalue weighted by atomic mass is 35.5. The maximum atomic E-state index is 15.2. The van der Waals surface area contributed by atoms with Crippen LogP contribution in [0.15, 0.2) is 30.3 Å². The molecule has 14 heteroatoms. The third-order valence-corrected chi connectivity index (χ3v) is 8.44. The number of hydrogen-bond donors (Lipinski definition) is 2. The number of amides is 2. The molecule has 0 aromatic heterocycles. The number of nitrogens with one attached hydrogen (secondary N) is 1. The summed E-state index contributed by atoms with van der Waals surface area (Å²) in [5, 5.41) is 13.2. The molecule has 0 radical (unpaired) electrons. The Morgan fingerprint density at radius 2 is 1.68 bits per heavy atom. The van der Waals surface area contributed by atoms with Crippen LogP contribution in [-0.4, -0.2) is 78.4 Å². The maximum absolute atomic E-state index is 15.2. The van der Waals surface area contributed by atoms with E-state index in [0.717, 1.165) is 4.90 Å². The van der Waals surface area contributed by atoms with Gasteiger partial charge in [-0.25, -0.2) is 8.78 Å². The van der Waals surface area contributed by atoms with Crippen LogP contribution in [0.1, 0.15) is 25.3 Å². The minimum atomic E-state index is -3.33. The molecule has 0 saturated carbocycles. The minimum absolute atomic E-state index is 0.0347. The van der Waals surface area contributed by atoms with Gasteiger partial charge in [-0.2, -0.15) is 0 Å². The fraction of sp³-hybridized carbons (Fsp3) is 0.444. The van der Waals surface area contributed by atoms with Crippen molar-refractivity contribution in [3.63, 3.8) is 0 Å². The molecule has 2 aliphatic heterocycles. The first-order valence-electron chi connectivity index (χ1n) is 12.7. The largest absolute Gasteiger partial charge is 0.481 e. The highest BCUT2D eigenvalue weighted by molar-refractivity contribution is 6.38. The molecular weight excluding hydrogens is 624 g/mol. The molecular formula is C27H28Cl4F2N4O4. The van der Waals surface area contributed by atoms with Crippen molar-refractivity contribution in [2.75, 3.05) is 43.9 Å². The first kappa shape index (κ1) is 31.7. The van der Waals surface area contributed by atoms with Crippen molar-refractivity contribution in [2.45, 2.75) is 37.3 Å². The van der Waals surface area contributed by atoms with Gasteiger partial charge in [0.05, 0.1) is 29.6 Å². The van der Waals surface area contributed by atoms with Crippen molar-refractivity contribution in [1.29, 1.82) is 0 Å². The SMILES string of the molecule is C[C@@H](C(=O)N(CCN(C)C)c1cc(Cl)cc(Cl)c1)[C@H]1CC(F)(F)CN1[C@@]1(CC(=O)O)C(=O)Nc2c(Cl)cc(Cl)cc21. The summed E-state index contributed by atoms with van der Waals surface area (Å²) < 4.78 is 30.5. The van der Waals surface area contributed by atoms with Gasteiger partial charge < -0.3 is 20.2 Å². The standard InChI is InChI=1S/C27H28Cl4F2N4O4/c1-14(24(40)36(5-4-35(2)3)18-7-15(28)6-16(29)8-18)21-11-26(32,33)13-37(21)27(12-22(38)39)19-9-17(30)10-20(31)23(19)34-25(27)41/h6-10,14,21H,4-5,11-13H2,1-3H3,(H,34,41)(H,38,39)/t14-,21-,27-/m1/s1. The van der Waals surface area contributed by atoms with Gasteiger partial charge in [0.2, 0.25) is 11.8 Å². The van der Waals surface area contributed by atoms with Gasteiger partial charge in [-0.15, -0.1) is 0 Å². The number of aliphatic carboxylic acids is 1. The molecule has 222 valence electrons. The van der Waals surface area contributed by atoms with Crippen LogP contribution in [0.5, 0.6) is 0 Å². The number of benzene rings is 2. The topological polar surface area (TPSA) is 93.2 Å². The number of nitrogens with zero attached hydrogens (tertiary/aromatic N) is 3. The quantitative estimate of drug-likeness (QED) is 0.353. The first-order chi connectivity index (χ1) is 19.1. The normalized spacial score (nSPS) is 22.5. The number of likely N-dealkylation sites (N-methyl/N-ethyl adjacent to an activating group) is 1. The lowest BCUT2D eigenvalue weighted by molar-refractivity contribution is -0.147. The molecule has 2 amide bonds. The summed E-state index contributed by atoms with van der Waals surface area (Å²) in [6, 6.07) is 6.08. The Kier molecular flexibility index (Phi) is 9.14. The molecule has 1 fully saturated rings. The second-order valence-corrected chi connectivity index (χ2v) is 12.4. The predicted molar refractivity (Wildman–Crippen MR) is 156 cm³/mol. The summed E-state index contributed by atoms with van der Waals surface area (Å²) in [5.41, 5.74) is -1.56. The van der Waals surface area contributed by atoms with Crippen molar-refractivity contribution >= 4 is 75.6 Å². The van der Waals surface area contributed by atoms with E-state index in [-0.39, 0.29) is 37.9 Å². The summed E-state index contributed by atoms with van der Waals surface area (Å²) in [6.45, 7) is 1.15. The Bertz CT molecular complexity index is 1380. The number of likely N-dealkylation sites (tertiary alicyclic amines) is 1. The molecule has 0 unspecified atom stereocenters. The number of carbonyl (C=O) groups is 3. The third-order valence-electron chi connectivity index (χ3n) is 7.48. The van der Waals surface area contributed by atoms with E-state index in [1.807, 2.05) is 19.0 Å². The van der Waals surface area contributed by atoms with Gasteiger partial charge in [-0.3, -0.25) is 19.3 Å². The van der Waals surface area contributed by atoms with Gasteiger partial charge in [-0.05, 0) is 44.4 Å². The lowest BCUT2D eigenvalue weighted by atomic mass is 9.83. The number of alkyl halides is 2. The van der Waals surface area contributed by atoms with E-state index in [1.54, 1.807) is 12.1 Å². The molecule has 2 heterocycles. The van der Waals surface area contributed by atoms with E-state index in [9.17, 15) is 19.5 Å². The fourth-order valence-corrected chi connectivity index (χ4v) is 6.69. The van der Waals surface area contributed by atoms with E-state index in [4.69, 9.17) is 46.4 Å². The summed E-state index contributed by atoms with van der Waals surface area (Å²) in [7, 11) is 3.64. The van der Waals surface area contributed by atoms with Crippen LogP contribution in [-0.2, 0) is 19.9 Å². The van der Waals surface area contributed by atoms with E-state index >= 15 is 8.78 Å². The molecule has 8 nitrogen and oxygen atoms in total. The summed E-state index contributed by atoms with van der Waals surface area (Å²) in [6.07, 6.45) is -1.64. The highest BCUT2D eigenvalue weighted by Gasteiger charge is 2.62. The molecule has 2 aromatic rings. The van der Waals surface area contributed by atoms with Gasteiger partial charge >= 0.3 is 5.97 Å². The number of fused-ring (bicyclic) bond motifs is 1. The lowest BCUT2D eigenvalue weighted by Crippen LogP contribution is -2.57. The number of anilines is 2. The predicted octanol–water partition coefficient (Wildman–Crippen LogP) is 5.86. The molecule has 4 rings (SSSR count). The molecule has 0 aliphatic carbocycles. The van der Waals surface area contributed by atoms with E-state index < -0.39 is 60.6 Å². The zero-order chi connectivity index (χ0) is 30.4. The van der Waals surface area contributed by atoms with Crippen LogP contribution in [0, 0.1) is 5.92 Å². The molecule has 0 bridgehead atoms. The Labute approximate surface area is 256 Å². The van der Waals surface area contributed by atoms with E-state index in [0.29, 0.717) is 12.2 Å². The number of rotatable bonds is 9. The maximum Gasteiger partial charge on any atom is 0.306 e. The van der Waals surface area contributed by atoms with Gasteiger partial charge in [0.1, 0.15) is 5.54 Å². The van der Waals surface area contributed by atoms with E-state index in [2.05, 4.69) is 5.32 Å². The number of carbonyl (C=O) groups excluding carboxylic acids is 2. The van der Waals surface area contributed by atoms with Crippen LogP contribution in [0.3, 0.4) is 0 Å². The smallest absolute Gasteiger partial charge is 0.306 e. The molecule has 3 atom stereocenters. The number of hydrogen-bond acceptors (Lipinski definition) is 5. The Morgan fingerprint density at radius 3 is 2.27 bits per heavy atom. The molecule has 1 saturated heterocycles. The molecule has 2 N–H and O–H groups in total. The zero-order valence-corrected chi connectivity index (χ0v) is 25.4.